The third-order valence-electron chi connectivity index (χ3n) is 2.85. The molecule has 0 saturated carbocycles. The molecule has 0 aliphatic heterocycles. The van der Waals surface area contributed by atoms with E-state index in [9.17, 15) is 0 Å². The molecule has 0 saturated heterocycles. The quantitative estimate of drug-likeness (QED) is 0.349. The zero-order valence-corrected chi connectivity index (χ0v) is 12.7. The summed E-state index contributed by atoms with van der Waals surface area (Å²) in [5.74, 6) is 6.10. The summed E-state index contributed by atoms with van der Waals surface area (Å²) in [4.78, 5) is 4.25. The van der Waals surface area contributed by atoms with E-state index in [0.717, 1.165) is 16.8 Å². The molecule has 0 radical (unpaired) electrons. The van der Waals surface area contributed by atoms with Gasteiger partial charge >= 0.3 is 0 Å². The predicted molar refractivity (Wildman–Crippen MR) is 89.2 cm³/mol. The summed E-state index contributed by atoms with van der Waals surface area (Å²) in [6.07, 6.45) is 1.45. The average molecular weight is 293 g/mol. The van der Waals surface area contributed by atoms with Crippen molar-refractivity contribution in [3.63, 3.8) is 0 Å². The van der Waals surface area contributed by atoms with Crippen LogP contribution in [0, 0.1) is 11.8 Å². The number of benzene rings is 2. The molecule has 0 spiro atoms. The smallest absolute Gasteiger partial charge is 0.174 e. The maximum atomic E-state index is 5.54. The van der Waals surface area contributed by atoms with Gasteiger partial charge in [0.05, 0.1) is 24.5 Å². The van der Waals surface area contributed by atoms with Crippen molar-refractivity contribution in [1.29, 1.82) is 0 Å². The highest BCUT2D eigenvalue weighted by Crippen LogP contribution is 2.16. The third kappa shape index (κ3) is 5.43. The van der Waals surface area contributed by atoms with Crippen molar-refractivity contribution in [1.82, 2.24) is 0 Å². The Kier molecular flexibility index (Phi) is 6.74. The fraction of sp³-hybridized carbons (Fsp3) is 0.211. The molecular formula is C19H19NO2. The summed E-state index contributed by atoms with van der Waals surface area (Å²) in [5, 5.41) is 0. The standard InChI is InChI=1S/C19H19NO2/c1-2-21-16-20-19-13-7-6-11-18(19)12-8-14-22-15-17-9-4-3-5-10-17/h3-7,9-11,13,16H,2,14-15H2,1H3. The van der Waals surface area contributed by atoms with Gasteiger partial charge in [0.25, 0.3) is 0 Å². The highest BCUT2D eigenvalue weighted by Gasteiger charge is 1.95. The first-order valence-corrected chi connectivity index (χ1v) is 7.24. The van der Waals surface area contributed by atoms with Crippen molar-refractivity contribution in [3.8, 4) is 11.8 Å². The van der Waals surface area contributed by atoms with Crippen LogP contribution in [0.25, 0.3) is 0 Å². The van der Waals surface area contributed by atoms with E-state index in [1.54, 1.807) is 0 Å². The van der Waals surface area contributed by atoms with E-state index in [1.165, 1.54) is 6.40 Å². The molecule has 0 atom stereocenters. The van der Waals surface area contributed by atoms with Crippen LogP contribution in [-0.2, 0) is 16.1 Å². The minimum Gasteiger partial charge on any atom is -0.483 e. The second-order valence-electron chi connectivity index (χ2n) is 4.49. The van der Waals surface area contributed by atoms with Gasteiger partial charge < -0.3 is 9.47 Å². The van der Waals surface area contributed by atoms with Crippen LogP contribution < -0.4 is 0 Å². The Balaban J connectivity index is 1.88. The molecule has 22 heavy (non-hydrogen) atoms. The number of hydrogen-bond donors (Lipinski definition) is 0. The van der Waals surface area contributed by atoms with Crippen LogP contribution in [0.4, 0.5) is 5.69 Å². The van der Waals surface area contributed by atoms with Gasteiger partial charge in [-0.1, -0.05) is 54.3 Å². The third-order valence-corrected chi connectivity index (χ3v) is 2.85. The normalized spacial score (nSPS) is 10.2. The van der Waals surface area contributed by atoms with Gasteiger partial charge in [0.15, 0.2) is 6.40 Å². The molecule has 0 aliphatic carbocycles. The van der Waals surface area contributed by atoms with Crippen LogP contribution in [0.5, 0.6) is 0 Å². The number of hydrogen-bond acceptors (Lipinski definition) is 3. The van der Waals surface area contributed by atoms with Crippen molar-refractivity contribution >= 4 is 12.1 Å². The van der Waals surface area contributed by atoms with Gasteiger partial charge in [0.1, 0.15) is 6.61 Å². The Morgan fingerprint density at radius 1 is 1.05 bits per heavy atom. The van der Waals surface area contributed by atoms with Crippen LogP contribution >= 0.6 is 0 Å². The number of aliphatic imine (C=N–C) groups is 1. The zero-order chi connectivity index (χ0) is 15.5. The van der Waals surface area contributed by atoms with Crippen molar-refractivity contribution in [3.05, 3.63) is 65.7 Å². The van der Waals surface area contributed by atoms with Gasteiger partial charge in [-0.15, -0.1) is 0 Å². The van der Waals surface area contributed by atoms with Crippen LogP contribution in [0.1, 0.15) is 18.1 Å². The molecule has 0 fully saturated rings. The SMILES string of the molecule is CCOC=Nc1ccccc1C#CCOCc1ccccc1. The number of nitrogens with zero attached hydrogens (tertiary/aromatic N) is 1. The van der Waals surface area contributed by atoms with Crippen molar-refractivity contribution in [2.24, 2.45) is 4.99 Å². The van der Waals surface area contributed by atoms with Crippen LogP contribution in [0.15, 0.2) is 59.6 Å². The summed E-state index contributed by atoms with van der Waals surface area (Å²) >= 11 is 0. The molecule has 0 heterocycles. The van der Waals surface area contributed by atoms with Gasteiger partial charge in [0, 0.05) is 0 Å². The summed E-state index contributed by atoms with van der Waals surface area (Å²) in [6.45, 7) is 3.48. The Bertz CT molecular complexity index is 654. The highest BCUT2D eigenvalue weighted by atomic mass is 16.5. The van der Waals surface area contributed by atoms with Crippen molar-refractivity contribution < 1.29 is 9.47 Å². The summed E-state index contributed by atoms with van der Waals surface area (Å²) in [6, 6.07) is 17.8. The maximum absolute atomic E-state index is 5.54. The number of ether oxygens (including phenoxy) is 2. The predicted octanol–water partition coefficient (Wildman–Crippen LogP) is 3.95. The minimum absolute atomic E-state index is 0.387. The molecule has 2 rings (SSSR count). The molecule has 0 unspecified atom stereocenters. The Morgan fingerprint density at radius 2 is 1.82 bits per heavy atom. The molecule has 0 aromatic heterocycles. The van der Waals surface area contributed by atoms with E-state index >= 15 is 0 Å². The lowest BCUT2D eigenvalue weighted by molar-refractivity contribution is 0.153. The lowest BCUT2D eigenvalue weighted by Crippen LogP contribution is -1.92. The largest absolute Gasteiger partial charge is 0.483 e. The Morgan fingerprint density at radius 3 is 2.64 bits per heavy atom. The molecule has 112 valence electrons. The monoisotopic (exact) mass is 293 g/mol. The molecule has 2 aromatic rings. The lowest BCUT2D eigenvalue weighted by atomic mass is 10.2. The topological polar surface area (TPSA) is 30.8 Å². The number of rotatable bonds is 6. The van der Waals surface area contributed by atoms with Crippen molar-refractivity contribution in [2.75, 3.05) is 13.2 Å². The van der Waals surface area contributed by atoms with Gasteiger partial charge in [-0.2, -0.15) is 0 Å². The van der Waals surface area contributed by atoms with E-state index in [0.29, 0.717) is 19.8 Å². The summed E-state index contributed by atoms with van der Waals surface area (Å²) < 4.78 is 10.7. The van der Waals surface area contributed by atoms with Crippen molar-refractivity contribution in [2.45, 2.75) is 13.5 Å². The lowest BCUT2D eigenvalue weighted by Gasteiger charge is -2.00. The second kappa shape index (κ2) is 9.38. The molecule has 0 aliphatic rings. The maximum Gasteiger partial charge on any atom is 0.174 e. The minimum atomic E-state index is 0.387. The molecule has 0 bridgehead atoms. The van der Waals surface area contributed by atoms with Crippen LogP contribution in [0.3, 0.4) is 0 Å². The fourth-order valence-corrected chi connectivity index (χ4v) is 1.79. The summed E-state index contributed by atoms with van der Waals surface area (Å²) in [7, 11) is 0. The fourth-order valence-electron chi connectivity index (χ4n) is 1.79. The van der Waals surface area contributed by atoms with Gasteiger partial charge in [0.2, 0.25) is 0 Å². The first-order chi connectivity index (χ1) is 10.9. The molecule has 0 N–H and O–H groups in total. The van der Waals surface area contributed by atoms with Gasteiger partial charge in [-0.3, -0.25) is 0 Å². The van der Waals surface area contributed by atoms with Gasteiger partial charge in [-0.05, 0) is 24.6 Å². The first kappa shape index (κ1) is 15.8. The zero-order valence-electron chi connectivity index (χ0n) is 12.7. The molecular weight excluding hydrogens is 274 g/mol. The molecule has 0 amide bonds. The van der Waals surface area contributed by atoms with E-state index in [-0.39, 0.29) is 0 Å². The first-order valence-electron chi connectivity index (χ1n) is 7.24. The number of para-hydroxylation sites is 1. The Hall–Kier alpha value is -2.57. The van der Waals surface area contributed by atoms with E-state index in [2.05, 4.69) is 16.8 Å². The summed E-state index contributed by atoms with van der Waals surface area (Å²) in [5.41, 5.74) is 2.80. The van der Waals surface area contributed by atoms with E-state index in [4.69, 9.17) is 9.47 Å². The van der Waals surface area contributed by atoms with Crippen LogP contribution in [0.2, 0.25) is 0 Å². The Labute approximate surface area is 131 Å². The van der Waals surface area contributed by atoms with E-state index < -0.39 is 0 Å². The van der Waals surface area contributed by atoms with E-state index in [1.807, 2.05) is 61.5 Å². The van der Waals surface area contributed by atoms with Gasteiger partial charge in [-0.25, -0.2) is 4.99 Å². The molecule has 2 aromatic carbocycles. The molecule has 3 nitrogen and oxygen atoms in total. The average Bonchev–Trinajstić information content (AvgIpc) is 2.57. The van der Waals surface area contributed by atoms with Crippen LogP contribution in [-0.4, -0.2) is 19.6 Å². The molecule has 3 heteroatoms. The highest BCUT2D eigenvalue weighted by molar-refractivity contribution is 5.62. The second-order valence-corrected chi connectivity index (χ2v) is 4.49.